The lowest BCUT2D eigenvalue weighted by Crippen LogP contribution is -2.03. The van der Waals surface area contributed by atoms with Crippen molar-refractivity contribution in [3.05, 3.63) is 35.4 Å². The van der Waals surface area contributed by atoms with Gasteiger partial charge in [-0.25, -0.2) is 0 Å². The number of hydrogen-bond donors (Lipinski definition) is 0. The van der Waals surface area contributed by atoms with Crippen LogP contribution in [0.1, 0.15) is 44.2 Å². The second kappa shape index (κ2) is 5.99. The van der Waals surface area contributed by atoms with E-state index in [2.05, 4.69) is 38.7 Å². The van der Waals surface area contributed by atoms with Crippen molar-refractivity contribution in [3.8, 4) is 17.9 Å². The highest BCUT2D eigenvalue weighted by Crippen LogP contribution is 2.23. The van der Waals surface area contributed by atoms with E-state index in [-0.39, 0.29) is 0 Å². The van der Waals surface area contributed by atoms with Crippen LogP contribution in [0.4, 0.5) is 0 Å². The first-order valence-corrected chi connectivity index (χ1v) is 5.67. The first kappa shape index (κ1) is 12.3. The average molecular weight is 211 g/mol. The molecule has 0 aliphatic carbocycles. The molecule has 1 aromatic rings. The molecule has 0 fully saturated rings. The van der Waals surface area contributed by atoms with E-state index in [1.54, 1.807) is 0 Å². The maximum atomic E-state index is 8.72. The fourth-order valence-corrected chi connectivity index (χ4v) is 1.54. The van der Waals surface area contributed by atoms with Crippen LogP contribution < -0.4 is 0 Å². The van der Waals surface area contributed by atoms with Crippen LogP contribution in [0.3, 0.4) is 0 Å². The van der Waals surface area contributed by atoms with Crippen molar-refractivity contribution in [1.29, 1.82) is 5.26 Å². The number of nitriles is 1. The molecule has 0 spiro atoms. The van der Waals surface area contributed by atoms with Gasteiger partial charge in [0.2, 0.25) is 0 Å². The molecule has 1 heteroatoms. The smallest absolute Gasteiger partial charge is 0.0991 e. The molecule has 0 saturated heterocycles. The summed E-state index contributed by atoms with van der Waals surface area (Å²) in [6, 6.07) is 9.90. The summed E-state index contributed by atoms with van der Waals surface area (Å²) in [5.74, 6) is 7.13. The third-order valence-electron chi connectivity index (χ3n) is 2.82. The summed E-state index contributed by atoms with van der Waals surface area (Å²) in [6.07, 6.45) is 0.907. The van der Waals surface area contributed by atoms with E-state index in [4.69, 9.17) is 5.26 Å². The molecule has 16 heavy (non-hydrogen) atoms. The van der Waals surface area contributed by atoms with E-state index in [0.717, 1.165) is 6.42 Å². The molecule has 0 bridgehead atoms. The standard InChI is InChI=1S/C15H17N/c1-4-5-6-12(2)13(3)15-9-7-14(11-16)8-10-15/h7-10,12-13H,4H2,1-3H3. The van der Waals surface area contributed by atoms with Gasteiger partial charge in [-0.1, -0.05) is 38.8 Å². The molecule has 0 radical (unpaired) electrons. The van der Waals surface area contributed by atoms with Gasteiger partial charge in [0.05, 0.1) is 11.6 Å². The molecule has 1 nitrogen and oxygen atoms in total. The second-order valence-corrected chi connectivity index (χ2v) is 3.99. The molecular weight excluding hydrogens is 194 g/mol. The van der Waals surface area contributed by atoms with Crippen molar-refractivity contribution in [2.24, 2.45) is 5.92 Å². The molecule has 0 amide bonds. The monoisotopic (exact) mass is 211 g/mol. The van der Waals surface area contributed by atoms with E-state index < -0.39 is 0 Å². The molecule has 0 saturated carbocycles. The molecule has 0 aromatic heterocycles. The predicted octanol–water partition coefficient (Wildman–Crippen LogP) is 3.71. The molecule has 0 aliphatic heterocycles. The Morgan fingerprint density at radius 3 is 2.31 bits per heavy atom. The predicted molar refractivity (Wildman–Crippen MR) is 66.8 cm³/mol. The van der Waals surface area contributed by atoms with Crippen molar-refractivity contribution >= 4 is 0 Å². The minimum absolute atomic E-state index is 0.355. The van der Waals surface area contributed by atoms with Gasteiger partial charge >= 0.3 is 0 Å². The van der Waals surface area contributed by atoms with Crippen molar-refractivity contribution in [1.82, 2.24) is 0 Å². The van der Waals surface area contributed by atoms with Crippen LogP contribution in [-0.4, -0.2) is 0 Å². The zero-order chi connectivity index (χ0) is 12.0. The first-order chi connectivity index (χ1) is 7.69. The number of rotatable bonds is 2. The lowest BCUT2D eigenvalue weighted by Gasteiger charge is -2.15. The third-order valence-corrected chi connectivity index (χ3v) is 2.82. The summed E-state index contributed by atoms with van der Waals surface area (Å²) < 4.78 is 0. The van der Waals surface area contributed by atoms with Gasteiger partial charge in [0.1, 0.15) is 0 Å². The van der Waals surface area contributed by atoms with Crippen LogP contribution in [0, 0.1) is 29.1 Å². The molecule has 1 rings (SSSR count). The van der Waals surface area contributed by atoms with Crippen LogP contribution in [0.2, 0.25) is 0 Å². The molecule has 2 atom stereocenters. The average Bonchev–Trinajstić information content (AvgIpc) is 2.35. The van der Waals surface area contributed by atoms with Gasteiger partial charge in [0.25, 0.3) is 0 Å². The topological polar surface area (TPSA) is 23.8 Å². The van der Waals surface area contributed by atoms with Gasteiger partial charge in [0, 0.05) is 12.3 Å². The number of nitrogens with zero attached hydrogens (tertiary/aromatic N) is 1. The van der Waals surface area contributed by atoms with E-state index in [9.17, 15) is 0 Å². The first-order valence-electron chi connectivity index (χ1n) is 5.67. The Kier molecular flexibility index (Phi) is 4.62. The largest absolute Gasteiger partial charge is 0.192 e. The maximum absolute atomic E-state index is 8.72. The zero-order valence-electron chi connectivity index (χ0n) is 10.1. The highest BCUT2D eigenvalue weighted by Gasteiger charge is 2.11. The lowest BCUT2D eigenvalue weighted by atomic mass is 9.89. The van der Waals surface area contributed by atoms with Gasteiger partial charge in [-0.05, 0) is 23.6 Å². The fourth-order valence-electron chi connectivity index (χ4n) is 1.54. The molecule has 0 N–H and O–H groups in total. The molecule has 0 aliphatic rings. The summed E-state index contributed by atoms with van der Waals surface area (Å²) in [6.45, 7) is 6.38. The zero-order valence-corrected chi connectivity index (χ0v) is 10.1. The molecule has 0 heterocycles. The van der Waals surface area contributed by atoms with Crippen molar-refractivity contribution < 1.29 is 0 Å². The molecule has 82 valence electrons. The van der Waals surface area contributed by atoms with Gasteiger partial charge in [-0.15, -0.1) is 5.92 Å². The van der Waals surface area contributed by atoms with Crippen LogP contribution in [0.5, 0.6) is 0 Å². The SMILES string of the molecule is CCC#CC(C)C(C)c1ccc(C#N)cc1. The Morgan fingerprint density at radius 2 is 1.81 bits per heavy atom. The normalized spacial score (nSPS) is 13.1. The number of benzene rings is 1. The molecular formula is C15H17N. The second-order valence-electron chi connectivity index (χ2n) is 3.99. The van der Waals surface area contributed by atoms with E-state index in [1.165, 1.54) is 5.56 Å². The van der Waals surface area contributed by atoms with Gasteiger partial charge in [-0.2, -0.15) is 5.26 Å². The summed E-state index contributed by atoms with van der Waals surface area (Å²) in [4.78, 5) is 0. The van der Waals surface area contributed by atoms with E-state index in [0.29, 0.717) is 17.4 Å². The quantitative estimate of drug-likeness (QED) is 0.684. The van der Waals surface area contributed by atoms with E-state index in [1.807, 2.05) is 24.3 Å². The van der Waals surface area contributed by atoms with Crippen LogP contribution in [-0.2, 0) is 0 Å². The lowest BCUT2D eigenvalue weighted by molar-refractivity contribution is 0.609. The van der Waals surface area contributed by atoms with Gasteiger partial charge < -0.3 is 0 Å². The Balaban J connectivity index is 2.80. The van der Waals surface area contributed by atoms with Crippen molar-refractivity contribution in [2.45, 2.75) is 33.1 Å². The summed E-state index contributed by atoms with van der Waals surface area (Å²) in [5, 5.41) is 8.72. The Morgan fingerprint density at radius 1 is 1.19 bits per heavy atom. The van der Waals surface area contributed by atoms with Crippen LogP contribution in [0.15, 0.2) is 24.3 Å². The van der Waals surface area contributed by atoms with Gasteiger partial charge in [-0.3, -0.25) is 0 Å². The number of hydrogen-bond acceptors (Lipinski definition) is 1. The molecule has 2 unspecified atom stereocenters. The minimum Gasteiger partial charge on any atom is -0.192 e. The highest BCUT2D eigenvalue weighted by atomic mass is 14.2. The minimum atomic E-state index is 0.355. The third kappa shape index (κ3) is 3.14. The Hall–Kier alpha value is -1.73. The van der Waals surface area contributed by atoms with Crippen LogP contribution >= 0.6 is 0 Å². The highest BCUT2D eigenvalue weighted by molar-refractivity contribution is 5.33. The summed E-state index contributed by atoms with van der Waals surface area (Å²) in [5.41, 5.74) is 1.96. The van der Waals surface area contributed by atoms with Crippen molar-refractivity contribution in [3.63, 3.8) is 0 Å². The summed E-state index contributed by atoms with van der Waals surface area (Å²) in [7, 11) is 0. The van der Waals surface area contributed by atoms with E-state index >= 15 is 0 Å². The van der Waals surface area contributed by atoms with Crippen LogP contribution in [0.25, 0.3) is 0 Å². The molecule has 1 aromatic carbocycles. The Bertz CT molecular complexity index is 425. The van der Waals surface area contributed by atoms with Crippen molar-refractivity contribution in [2.75, 3.05) is 0 Å². The summed E-state index contributed by atoms with van der Waals surface area (Å²) >= 11 is 0. The fraction of sp³-hybridized carbons (Fsp3) is 0.400. The maximum Gasteiger partial charge on any atom is 0.0991 e. The van der Waals surface area contributed by atoms with Gasteiger partial charge in [0.15, 0.2) is 0 Å². The Labute approximate surface area is 98.1 Å².